The van der Waals surface area contributed by atoms with Crippen molar-refractivity contribution in [3.05, 3.63) is 69.7 Å². The average Bonchev–Trinajstić information content (AvgIpc) is 3.16. The Balaban J connectivity index is 1.77. The first kappa shape index (κ1) is 16.1. The normalized spacial score (nSPS) is 22.7. The highest BCUT2D eigenvalue weighted by molar-refractivity contribution is 9.10. The predicted octanol–water partition coefficient (Wildman–Crippen LogP) is 4.43. The van der Waals surface area contributed by atoms with Crippen LogP contribution in [0.15, 0.2) is 46.9 Å². The van der Waals surface area contributed by atoms with Gasteiger partial charge in [0.25, 0.3) is 5.91 Å². The van der Waals surface area contributed by atoms with E-state index in [2.05, 4.69) is 21.2 Å². The molecule has 2 unspecified atom stereocenters. The molecule has 0 aliphatic heterocycles. The van der Waals surface area contributed by atoms with Crippen LogP contribution in [0.3, 0.4) is 0 Å². The van der Waals surface area contributed by atoms with Crippen molar-refractivity contribution in [1.29, 1.82) is 0 Å². The van der Waals surface area contributed by atoms with Crippen LogP contribution in [-0.4, -0.2) is 12.5 Å². The zero-order chi connectivity index (χ0) is 16.6. The van der Waals surface area contributed by atoms with Crippen molar-refractivity contribution in [2.75, 3.05) is 6.54 Å². The fourth-order valence-corrected chi connectivity index (χ4v) is 3.47. The summed E-state index contributed by atoms with van der Waals surface area (Å²) < 4.78 is 28.0. The highest BCUT2D eigenvalue weighted by Gasteiger charge is 2.53. The average molecular weight is 380 g/mol. The third kappa shape index (κ3) is 3.15. The van der Waals surface area contributed by atoms with Crippen LogP contribution < -0.4 is 5.32 Å². The lowest BCUT2D eigenvalue weighted by Gasteiger charge is -2.19. The molecule has 1 N–H and O–H groups in total. The summed E-state index contributed by atoms with van der Waals surface area (Å²) in [5.41, 5.74) is 0.572. The van der Waals surface area contributed by atoms with Gasteiger partial charge >= 0.3 is 0 Å². The van der Waals surface area contributed by atoms with E-state index in [0.29, 0.717) is 17.7 Å². The van der Waals surface area contributed by atoms with Crippen molar-refractivity contribution in [2.45, 2.75) is 18.8 Å². The minimum Gasteiger partial charge on any atom is -0.351 e. The molecule has 2 aromatic rings. The highest BCUT2D eigenvalue weighted by Crippen LogP contribution is 2.54. The summed E-state index contributed by atoms with van der Waals surface area (Å²) in [5.74, 6) is -1.10. The number of nitrogens with one attached hydrogen (secondary N) is 1. The van der Waals surface area contributed by atoms with Crippen LogP contribution in [-0.2, 0) is 5.41 Å². The number of hydrogen-bond donors (Lipinski definition) is 1. The standard InChI is InChI=1S/C18H16BrF2NO/c1-11-9-18(11,15-6-5-14(20)8-16(15)21)10-22-17(23)12-3-2-4-13(19)7-12/h2-8,11H,9-10H2,1H3,(H,22,23). The van der Waals surface area contributed by atoms with Crippen LogP contribution in [0.1, 0.15) is 29.3 Å². The van der Waals surface area contributed by atoms with E-state index in [9.17, 15) is 13.6 Å². The topological polar surface area (TPSA) is 29.1 Å². The second kappa shape index (κ2) is 6.04. The van der Waals surface area contributed by atoms with Crippen LogP contribution in [0.4, 0.5) is 8.78 Å². The SMILES string of the molecule is CC1CC1(CNC(=O)c1cccc(Br)c1)c1ccc(F)cc1F. The summed E-state index contributed by atoms with van der Waals surface area (Å²) in [4.78, 5) is 12.3. The maximum atomic E-state index is 14.1. The molecule has 1 saturated carbocycles. The zero-order valence-corrected chi connectivity index (χ0v) is 14.2. The van der Waals surface area contributed by atoms with Crippen LogP contribution in [0, 0.1) is 17.6 Å². The van der Waals surface area contributed by atoms with E-state index in [1.807, 2.05) is 13.0 Å². The van der Waals surface area contributed by atoms with Gasteiger partial charge in [-0.2, -0.15) is 0 Å². The molecule has 0 spiro atoms. The van der Waals surface area contributed by atoms with Gasteiger partial charge in [0.05, 0.1) is 0 Å². The van der Waals surface area contributed by atoms with Gasteiger partial charge in [-0.05, 0) is 42.2 Å². The smallest absolute Gasteiger partial charge is 0.251 e. The summed E-state index contributed by atoms with van der Waals surface area (Å²) >= 11 is 3.33. The van der Waals surface area contributed by atoms with Crippen LogP contribution in [0.25, 0.3) is 0 Å². The Bertz CT molecular complexity index is 764. The van der Waals surface area contributed by atoms with Gasteiger partial charge in [0.15, 0.2) is 0 Å². The van der Waals surface area contributed by atoms with E-state index in [1.165, 1.54) is 12.1 Å². The Morgan fingerprint density at radius 2 is 2.04 bits per heavy atom. The van der Waals surface area contributed by atoms with Gasteiger partial charge in [0.1, 0.15) is 11.6 Å². The molecule has 0 heterocycles. The molecule has 1 aliphatic rings. The molecule has 2 atom stereocenters. The number of amides is 1. The van der Waals surface area contributed by atoms with Crippen LogP contribution in [0.2, 0.25) is 0 Å². The summed E-state index contributed by atoms with van der Waals surface area (Å²) in [7, 11) is 0. The molecule has 2 nitrogen and oxygen atoms in total. The summed E-state index contributed by atoms with van der Waals surface area (Å²) in [6.45, 7) is 2.34. The maximum absolute atomic E-state index is 14.1. The minimum atomic E-state index is -0.590. The molecular formula is C18H16BrF2NO. The summed E-state index contributed by atoms with van der Waals surface area (Å²) in [5, 5.41) is 2.88. The van der Waals surface area contributed by atoms with E-state index in [0.717, 1.165) is 17.0 Å². The number of hydrogen-bond acceptors (Lipinski definition) is 1. The first-order valence-electron chi connectivity index (χ1n) is 7.42. The van der Waals surface area contributed by atoms with Crippen molar-refractivity contribution in [3.8, 4) is 0 Å². The Labute approximate surface area is 142 Å². The Morgan fingerprint density at radius 3 is 2.65 bits per heavy atom. The fourth-order valence-electron chi connectivity index (χ4n) is 3.07. The predicted molar refractivity (Wildman–Crippen MR) is 88.3 cm³/mol. The molecule has 23 heavy (non-hydrogen) atoms. The number of carbonyl (C=O) groups excluding carboxylic acids is 1. The molecule has 1 aliphatic carbocycles. The van der Waals surface area contributed by atoms with Gasteiger partial charge in [-0.3, -0.25) is 4.79 Å². The first-order chi connectivity index (χ1) is 10.9. The Kier molecular flexibility index (Phi) is 4.23. The van der Waals surface area contributed by atoms with E-state index in [4.69, 9.17) is 0 Å². The third-order valence-electron chi connectivity index (χ3n) is 4.57. The third-order valence-corrected chi connectivity index (χ3v) is 5.07. The number of halogens is 3. The lowest BCUT2D eigenvalue weighted by Crippen LogP contribution is -2.33. The van der Waals surface area contributed by atoms with Gasteiger partial charge < -0.3 is 5.32 Å². The molecule has 0 bridgehead atoms. The Hall–Kier alpha value is -1.75. The zero-order valence-electron chi connectivity index (χ0n) is 12.6. The van der Waals surface area contributed by atoms with Crippen molar-refractivity contribution >= 4 is 21.8 Å². The lowest BCUT2D eigenvalue weighted by atomic mass is 9.92. The van der Waals surface area contributed by atoms with Gasteiger partial charge in [0, 0.05) is 28.1 Å². The minimum absolute atomic E-state index is 0.202. The van der Waals surface area contributed by atoms with Crippen LogP contribution in [0.5, 0.6) is 0 Å². The van der Waals surface area contributed by atoms with Crippen molar-refractivity contribution in [2.24, 2.45) is 5.92 Å². The van der Waals surface area contributed by atoms with E-state index >= 15 is 0 Å². The number of carbonyl (C=O) groups is 1. The number of rotatable bonds is 4. The molecule has 0 radical (unpaired) electrons. The van der Waals surface area contributed by atoms with E-state index < -0.39 is 17.0 Å². The molecular weight excluding hydrogens is 364 g/mol. The maximum Gasteiger partial charge on any atom is 0.251 e. The monoisotopic (exact) mass is 379 g/mol. The van der Waals surface area contributed by atoms with Gasteiger partial charge in [-0.1, -0.05) is 35.0 Å². The van der Waals surface area contributed by atoms with E-state index in [1.54, 1.807) is 18.2 Å². The second-order valence-electron chi connectivity index (χ2n) is 6.08. The molecule has 3 rings (SSSR count). The highest BCUT2D eigenvalue weighted by atomic mass is 79.9. The van der Waals surface area contributed by atoms with Crippen molar-refractivity contribution in [1.82, 2.24) is 5.32 Å². The van der Waals surface area contributed by atoms with Crippen LogP contribution >= 0.6 is 15.9 Å². The van der Waals surface area contributed by atoms with Gasteiger partial charge in [0.2, 0.25) is 0 Å². The lowest BCUT2D eigenvalue weighted by molar-refractivity contribution is 0.0948. The molecule has 0 aromatic heterocycles. The van der Waals surface area contributed by atoms with Gasteiger partial charge in [-0.25, -0.2) is 8.78 Å². The largest absolute Gasteiger partial charge is 0.351 e. The molecule has 1 fully saturated rings. The summed E-state index contributed by atoms with van der Waals surface area (Å²) in [6, 6.07) is 10.7. The molecule has 1 amide bonds. The second-order valence-corrected chi connectivity index (χ2v) is 6.99. The Morgan fingerprint density at radius 1 is 1.30 bits per heavy atom. The molecule has 120 valence electrons. The molecule has 2 aromatic carbocycles. The number of benzene rings is 2. The van der Waals surface area contributed by atoms with Crippen molar-refractivity contribution < 1.29 is 13.6 Å². The molecule has 5 heteroatoms. The van der Waals surface area contributed by atoms with Crippen molar-refractivity contribution in [3.63, 3.8) is 0 Å². The first-order valence-corrected chi connectivity index (χ1v) is 8.21. The summed E-state index contributed by atoms with van der Waals surface area (Å²) in [6.07, 6.45) is 0.772. The van der Waals surface area contributed by atoms with Gasteiger partial charge in [-0.15, -0.1) is 0 Å². The fraction of sp³-hybridized carbons (Fsp3) is 0.278. The quantitative estimate of drug-likeness (QED) is 0.835. The van der Waals surface area contributed by atoms with E-state index in [-0.39, 0.29) is 11.8 Å². The molecule has 0 saturated heterocycles.